The van der Waals surface area contributed by atoms with Gasteiger partial charge in [0.05, 0.1) is 24.7 Å². The number of amides is 1. The molecule has 1 aromatic rings. The zero-order valence-corrected chi connectivity index (χ0v) is 12.4. The minimum atomic E-state index is -3.86. The lowest BCUT2D eigenvalue weighted by Gasteiger charge is -2.30. The smallest absolute Gasteiger partial charge is 0.407 e. The Morgan fingerprint density at radius 3 is 2.71 bits per heavy atom. The molecule has 0 aromatic heterocycles. The Bertz CT molecular complexity index is 598. The standard InChI is InChI=1S/C13H17NO6S/c1-10-2-4-12(5-3-10)21(17,18)20-9-11-8-14(13(15)16)6-7-19-11/h2-5,11H,6-9H2,1H3,(H,15,16)/t11-/m1/s1. The van der Waals surface area contributed by atoms with Crippen molar-refractivity contribution in [2.45, 2.75) is 17.9 Å². The third kappa shape index (κ3) is 4.16. The highest BCUT2D eigenvalue weighted by Crippen LogP contribution is 2.15. The van der Waals surface area contributed by atoms with Crippen molar-refractivity contribution in [3.05, 3.63) is 29.8 Å². The largest absolute Gasteiger partial charge is 0.465 e. The molecule has 1 N–H and O–H groups in total. The van der Waals surface area contributed by atoms with Gasteiger partial charge in [0.25, 0.3) is 10.1 Å². The van der Waals surface area contributed by atoms with Crippen LogP contribution < -0.4 is 0 Å². The summed E-state index contributed by atoms with van der Waals surface area (Å²) in [5.41, 5.74) is 0.946. The molecule has 2 rings (SSSR count). The second kappa shape index (κ2) is 6.42. The third-order valence-corrected chi connectivity index (χ3v) is 4.42. The van der Waals surface area contributed by atoms with E-state index in [9.17, 15) is 13.2 Å². The van der Waals surface area contributed by atoms with Crippen LogP contribution in [0.5, 0.6) is 0 Å². The molecule has 7 nitrogen and oxygen atoms in total. The Kier molecular flexibility index (Phi) is 4.81. The molecule has 1 aromatic carbocycles. The summed E-state index contributed by atoms with van der Waals surface area (Å²) in [4.78, 5) is 12.1. The highest BCUT2D eigenvalue weighted by atomic mass is 32.2. The summed E-state index contributed by atoms with van der Waals surface area (Å²) < 4.78 is 34.3. The number of hydrogen-bond donors (Lipinski definition) is 1. The van der Waals surface area contributed by atoms with E-state index >= 15 is 0 Å². The first-order valence-corrected chi connectivity index (χ1v) is 7.85. The monoisotopic (exact) mass is 315 g/mol. The van der Waals surface area contributed by atoms with Gasteiger partial charge in [-0.2, -0.15) is 8.42 Å². The first kappa shape index (κ1) is 15.7. The molecule has 0 radical (unpaired) electrons. The van der Waals surface area contributed by atoms with Crippen molar-refractivity contribution < 1.29 is 27.2 Å². The lowest BCUT2D eigenvalue weighted by Crippen LogP contribution is -2.46. The van der Waals surface area contributed by atoms with Crippen LogP contribution in [-0.2, 0) is 19.0 Å². The van der Waals surface area contributed by atoms with Gasteiger partial charge in [0.15, 0.2) is 0 Å². The molecule has 0 unspecified atom stereocenters. The summed E-state index contributed by atoms with van der Waals surface area (Å²) >= 11 is 0. The summed E-state index contributed by atoms with van der Waals surface area (Å²) in [6, 6.07) is 6.30. The summed E-state index contributed by atoms with van der Waals surface area (Å²) in [6.07, 6.45) is -1.64. The maximum atomic E-state index is 12.0. The SMILES string of the molecule is Cc1ccc(S(=O)(=O)OC[C@H]2CN(C(=O)O)CCO2)cc1. The number of carbonyl (C=O) groups is 1. The van der Waals surface area contributed by atoms with Gasteiger partial charge in [-0.25, -0.2) is 4.79 Å². The third-order valence-electron chi connectivity index (χ3n) is 3.13. The van der Waals surface area contributed by atoms with Gasteiger partial charge >= 0.3 is 6.09 Å². The Morgan fingerprint density at radius 2 is 2.10 bits per heavy atom. The fraction of sp³-hybridized carbons (Fsp3) is 0.462. The highest BCUT2D eigenvalue weighted by Gasteiger charge is 2.26. The fourth-order valence-corrected chi connectivity index (χ4v) is 2.87. The Labute approximate surface area is 123 Å². The molecule has 8 heteroatoms. The van der Waals surface area contributed by atoms with Crippen LogP contribution in [0.25, 0.3) is 0 Å². The molecular formula is C13H17NO6S. The lowest BCUT2D eigenvalue weighted by molar-refractivity contribution is -0.0402. The molecule has 0 bridgehead atoms. The average Bonchev–Trinajstić information content (AvgIpc) is 2.46. The molecule has 1 aliphatic heterocycles. The van der Waals surface area contributed by atoms with E-state index in [1.54, 1.807) is 12.1 Å². The maximum Gasteiger partial charge on any atom is 0.407 e. The van der Waals surface area contributed by atoms with E-state index in [0.29, 0.717) is 0 Å². The number of morpholine rings is 1. The number of benzene rings is 1. The molecule has 0 aliphatic carbocycles. The van der Waals surface area contributed by atoms with Gasteiger partial charge in [0, 0.05) is 6.54 Å². The van der Waals surface area contributed by atoms with Gasteiger partial charge in [-0.1, -0.05) is 17.7 Å². The van der Waals surface area contributed by atoms with Crippen LogP contribution in [0.3, 0.4) is 0 Å². The predicted octanol–water partition coefficient (Wildman–Crippen LogP) is 1.08. The zero-order chi connectivity index (χ0) is 15.5. The second-order valence-corrected chi connectivity index (χ2v) is 6.39. The van der Waals surface area contributed by atoms with Crippen LogP contribution in [0.15, 0.2) is 29.2 Å². The minimum Gasteiger partial charge on any atom is -0.465 e. The van der Waals surface area contributed by atoms with E-state index in [-0.39, 0.29) is 31.2 Å². The second-order valence-electron chi connectivity index (χ2n) is 4.77. The first-order chi connectivity index (χ1) is 9.88. The van der Waals surface area contributed by atoms with Crippen LogP contribution >= 0.6 is 0 Å². The number of nitrogens with zero attached hydrogens (tertiary/aromatic N) is 1. The van der Waals surface area contributed by atoms with Gasteiger partial charge in [-0.15, -0.1) is 0 Å². The topological polar surface area (TPSA) is 93.1 Å². The van der Waals surface area contributed by atoms with Gasteiger partial charge in [0.1, 0.15) is 6.10 Å². The van der Waals surface area contributed by atoms with Crippen LogP contribution in [0, 0.1) is 6.92 Å². The van der Waals surface area contributed by atoms with Crippen molar-refractivity contribution in [2.24, 2.45) is 0 Å². The minimum absolute atomic E-state index is 0.0685. The summed E-state index contributed by atoms with van der Waals surface area (Å²) in [6.45, 7) is 2.24. The number of rotatable bonds is 4. The van der Waals surface area contributed by atoms with Crippen molar-refractivity contribution in [3.63, 3.8) is 0 Å². The van der Waals surface area contributed by atoms with E-state index in [2.05, 4.69) is 0 Å². The molecule has 1 heterocycles. The van der Waals surface area contributed by atoms with Gasteiger partial charge in [0.2, 0.25) is 0 Å². The Balaban J connectivity index is 1.95. The lowest BCUT2D eigenvalue weighted by atomic mass is 10.2. The Hall–Kier alpha value is -1.64. The molecule has 116 valence electrons. The molecule has 1 atom stereocenters. The summed E-state index contributed by atoms with van der Waals surface area (Å²) in [5, 5.41) is 8.90. The molecule has 1 aliphatic rings. The van der Waals surface area contributed by atoms with Crippen molar-refractivity contribution in [2.75, 3.05) is 26.3 Å². The van der Waals surface area contributed by atoms with E-state index in [1.165, 1.54) is 17.0 Å². The molecular weight excluding hydrogens is 298 g/mol. The number of hydrogen-bond acceptors (Lipinski definition) is 5. The Morgan fingerprint density at radius 1 is 1.43 bits per heavy atom. The zero-order valence-electron chi connectivity index (χ0n) is 11.6. The van der Waals surface area contributed by atoms with Crippen molar-refractivity contribution >= 4 is 16.2 Å². The summed E-state index contributed by atoms with van der Waals surface area (Å²) in [7, 11) is -3.86. The molecule has 21 heavy (non-hydrogen) atoms. The quantitative estimate of drug-likeness (QED) is 0.836. The molecule has 1 saturated heterocycles. The predicted molar refractivity (Wildman–Crippen MR) is 73.7 cm³/mol. The van der Waals surface area contributed by atoms with Gasteiger partial charge < -0.3 is 14.7 Å². The van der Waals surface area contributed by atoms with Crippen molar-refractivity contribution in [3.8, 4) is 0 Å². The molecule has 1 amide bonds. The van der Waals surface area contributed by atoms with E-state index in [0.717, 1.165) is 5.56 Å². The van der Waals surface area contributed by atoms with Gasteiger partial charge in [-0.3, -0.25) is 4.18 Å². The van der Waals surface area contributed by atoms with E-state index < -0.39 is 22.3 Å². The average molecular weight is 315 g/mol. The number of ether oxygens (including phenoxy) is 1. The van der Waals surface area contributed by atoms with Crippen LogP contribution in [0.2, 0.25) is 0 Å². The fourth-order valence-electron chi connectivity index (χ4n) is 1.93. The van der Waals surface area contributed by atoms with Gasteiger partial charge in [-0.05, 0) is 19.1 Å². The molecule has 0 saturated carbocycles. The van der Waals surface area contributed by atoms with Crippen molar-refractivity contribution in [1.82, 2.24) is 4.90 Å². The van der Waals surface area contributed by atoms with Crippen molar-refractivity contribution in [1.29, 1.82) is 0 Å². The molecule has 0 spiro atoms. The first-order valence-electron chi connectivity index (χ1n) is 6.44. The molecule has 1 fully saturated rings. The normalized spacial score (nSPS) is 19.5. The van der Waals surface area contributed by atoms with E-state index in [1.807, 2.05) is 6.92 Å². The summed E-state index contributed by atoms with van der Waals surface area (Å²) in [5.74, 6) is 0. The van der Waals surface area contributed by atoms with Crippen LogP contribution in [-0.4, -0.2) is 56.9 Å². The number of aryl methyl sites for hydroxylation is 1. The van der Waals surface area contributed by atoms with Crippen LogP contribution in [0.4, 0.5) is 4.79 Å². The highest BCUT2D eigenvalue weighted by molar-refractivity contribution is 7.86. The van der Waals surface area contributed by atoms with Crippen LogP contribution in [0.1, 0.15) is 5.56 Å². The number of carboxylic acid groups (broad SMARTS) is 1. The maximum absolute atomic E-state index is 12.0. The van der Waals surface area contributed by atoms with E-state index in [4.69, 9.17) is 14.0 Å².